The van der Waals surface area contributed by atoms with Gasteiger partial charge in [-0.1, -0.05) is 30.3 Å². The Kier molecular flexibility index (Phi) is 5.17. The summed E-state index contributed by atoms with van der Waals surface area (Å²) in [6.45, 7) is 1.53. The average molecular weight is 349 g/mol. The van der Waals surface area contributed by atoms with E-state index in [1.165, 1.54) is 6.08 Å². The number of para-hydroxylation sites is 1. The minimum atomic E-state index is -0.563. The van der Waals surface area contributed by atoms with Crippen molar-refractivity contribution in [1.29, 1.82) is 0 Å². The van der Waals surface area contributed by atoms with Gasteiger partial charge >= 0.3 is 5.97 Å². The molecule has 0 aliphatic rings. The van der Waals surface area contributed by atoms with Gasteiger partial charge in [0.1, 0.15) is 5.75 Å². The number of ketones is 1. The summed E-state index contributed by atoms with van der Waals surface area (Å²) in [7, 11) is 1.59. The van der Waals surface area contributed by atoms with Crippen LogP contribution in [0.3, 0.4) is 0 Å². The number of Topliss-reactive ketones (excluding diaryl/α,β-unsaturated/α-hetero) is 1. The summed E-state index contributed by atoms with van der Waals surface area (Å²) in [4.78, 5) is 27.5. The highest BCUT2D eigenvalue weighted by Crippen LogP contribution is 2.22. The summed E-state index contributed by atoms with van der Waals surface area (Å²) in [5.41, 5.74) is 3.05. The number of carbonyl (C=O) groups excluding carboxylic acids is 2. The Morgan fingerprint density at radius 1 is 1.08 bits per heavy atom. The number of rotatable bonds is 6. The van der Waals surface area contributed by atoms with Crippen LogP contribution in [0.15, 0.2) is 54.6 Å². The van der Waals surface area contributed by atoms with Crippen LogP contribution < -0.4 is 4.74 Å². The second kappa shape index (κ2) is 7.70. The van der Waals surface area contributed by atoms with Gasteiger partial charge in [-0.3, -0.25) is 4.79 Å². The van der Waals surface area contributed by atoms with E-state index < -0.39 is 5.97 Å². The molecule has 0 saturated carbocycles. The predicted octanol–water partition coefficient (Wildman–Crippen LogP) is 3.92. The van der Waals surface area contributed by atoms with Crippen molar-refractivity contribution < 1.29 is 19.1 Å². The number of aromatic amines is 1. The van der Waals surface area contributed by atoms with Crippen molar-refractivity contribution in [1.82, 2.24) is 4.98 Å². The highest BCUT2D eigenvalue weighted by atomic mass is 16.5. The fraction of sp³-hybridized carbons (Fsp3) is 0.143. The number of carbonyl (C=O) groups is 2. The molecule has 0 unspecified atom stereocenters. The molecule has 0 fully saturated rings. The third-order valence-electron chi connectivity index (χ3n) is 4.05. The molecular weight excluding hydrogens is 330 g/mol. The number of benzene rings is 2. The summed E-state index contributed by atoms with van der Waals surface area (Å²) < 4.78 is 10.2. The maximum atomic E-state index is 12.5. The van der Waals surface area contributed by atoms with Crippen LogP contribution in [0, 0.1) is 6.92 Å². The number of methoxy groups -OCH3 is 1. The lowest BCUT2D eigenvalue weighted by Crippen LogP contribution is -2.13. The van der Waals surface area contributed by atoms with Gasteiger partial charge in [0.25, 0.3) is 0 Å². The van der Waals surface area contributed by atoms with E-state index >= 15 is 0 Å². The SMILES string of the molecule is COc1ccc(/C=C/C(=O)OCC(=O)c2c(C)[nH]c3ccccc23)cc1. The molecule has 26 heavy (non-hydrogen) atoms. The lowest BCUT2D eigenvalue weighted by molar-refractivity contribution is -0.136. The average Bonchev–Trinajstić information content (AvgIpc) is 3.00. The lowest BCUT2D eigenvalue weighted by Gasteiger charge is -2.03. The molecule has 0 atom stereocenters. The molecule has 0 radical (unpaired) electrons. The van der Waals surface area contributed by atoms with Crippen molar-refractivity contribution in [2.24, 2.45) is 0 Å². The smallest absolute Gasteiger partial charge is 0.331 e. The zero-order valence-electron chi connectivity index (χ0n) is 14.6. The van der Waals surface area contributed by atoms with Crippen LogP contribution in [0.25, 0.3) is 17.0 Å². The fourth-order valence-electron chi connectivity index (χ4n) is 2.77. The minimum absolute atomic E-state index is 0.230. The fourth-order valence-corrected chi connectivity index (χ4v) is 2.77. The number of ether oxygens (including phenoxy) is 2. The first-order valence-electron chi connectivity index (χ1n) is 8.18. The molecule has 1 N–H and O–H groups in total. The highest BCUT2D eigenvalue weighted by Gasteiger charge is 2.16. The summed E-state index contributed by atoms with van der Waals surface area (Å²) in [6, 6.07) is 14.8. The lowest BCUT2D eigenvalue weighted by atomic mass is 10.1. The van der Waals surface area contributed by atoms with Gasteiger partial charge in [-0.25, -0.2) is 4.79 Å². The van der Waals surface area contributed by atoms with Gasteiger partial charge in [-0.05, 0) is 36.8 Å². The molecule has 1 heterocycles. The Hall–Kier alpha value is -3.34. The predicted molar refractivity (Wildman–Crippen MR) is 100 cm³/mol. The van der Waals surface area contributed by atoms with E-state index in [1.807, 2.05) is 43.3 Å². The molecule has 132 valence electrons. The second-order valence-electron chi connectivity index (χ2n) is 5.81. The Morgan fingerprint density at radius 2 is 1.81 bits per heavy atom. The molecule has 5 heteroatoms. The number of fused-ring (bicyclic) bond motifs is 1. The van der Waals surface area contributed by atoms with Gasteiger partial charge in [0.15, 0.2) is 6.61 Å². The standard InChI is InChI=1S/C21H19NO4/c1-14-21(17-5-3-4-6-18(17)22-14)19(23)13-26-20(24)12-9-15-7-10-16(25-2)11-8-15/h3-12,22H,13H2,1-2H3/b12-9+. The molecule has 0 amide bonds. The number of esters is 1. The van der Waals surface area contributed by atoms with E-state index in [0.717, 1.165) is 27.9 Å². The van der Waals surface area contributed by atoms with Crippen LogP contribution in [0.4, 0.5) is 0 Å². The summed E-state index contributed by atoms with van der Waals surface area (Å²) in [5.74, 6) is -0.0535. The summed E-state index contributed by atoms with van der Waals surface area (Å²) in [5, 5.41) is 0.833. The van der Waals surface area contributed by atoms with Crippen molar-refractivity contribution in [3.8, 4) is 5.75 Å². The van der Waals surface area contributed by atoms with Crippen LogP contribution >= 0.6 is 0 Å². The molecule has 1 aromatic heterocycles. The summed E-state index contributed by atoms with van der Waals surface area (Å²) in [6.07, 6.45) is 2.93. The normalized spacial score (nSPS) is 11.0. The van der Waals surface area contributed by atoms with Crippen molar-refractivity contribution in [2.75, 3.05) is 13.7 Å². The maximum Gasteiger partial charge on any atom is 0.331 e. The zero-order chi connectivity index (χ0) is 18.5. The van der Waals surface area contributed by atoms with Gasteiger partial charge < -0.3 is 14.5 Å². The number of H-pyrrole nitrogens is 1. The molecule has 3 aromatic rings. The number of hydrogen-bond donors (Lipinski definition) is 1. The van der Waals surface area contributed by atoms with E-state index in [4.69, 9.17) is 9.47 Å². The van der Waals surface area contributed by atoms with Crippen molar-refractivity contribution in [3.05, 3.63) is 71.4 Å². The monoisotopic (exact) mass is 349 g/mol. The number of hydrogen-bond acceptors (Lipinski definition) is 4. The molecule has 0 bridgehead atoms. The molecule has 0 aliphatic carbocycles. The second-order valence-corrected chi connectivity index (χ2v) is 5.81. The van der Waals surface area contributed by atoms with E-state index in [9.17, 15) is 9.59 Å². The van der Waals surface area contributed by atoms with Crippen LogP contribution in [0.1, 0.15) is 21.6 Å². The van der Waals surface area contributed by atoms with Crippen LogP contribution in [-0.2, 0) is 9.53 Å². The number of aromatic nitrogens is 1. The van der Waals surface area contributed by atoms with Gasteiger partial charge in [-0.2, -0.15) is 0 Å². The first-order chi connectivity index (χ1) is 12.6. The Morgan fingerprint density at radius 3 is 2.54 bits per heavy atom. The zero-order valence-corrected chi connectivity index (χ0v) is 14.6. The van der Waals surface area contributed by atoms with Crippen molar-refractivity contribution in [2.45, 2.75) is 6.92 Å². The summed E-state index contributed by atoms with van der Waals surface area (Å²) >= 11 is 0. The molecular formula is C21H19NO4. The van der Waals surface area contributed by atoms with Gasteiger partial charge in [0, 0.05) is 28.2 Å². The third kappa shape index (κ3) is 3.83. The van der Waals surface area contributed by atoms with E-state index in [1.54, 1.807) is 25.3 Å². The van der Waals surface area contributed by atoms with E-state index in [-0.39, 0.29) is 12.4 Å². The van der Waals surface area contributed by atoms with Crippen LogP contribution in [0.5, 0.6) is 5.75 Å². The van der Waals surface area contributed by atoms with Crippen LogP contribution in [-0.4, -0.2) is 30.5 Å². The van der Waals surface area contributed by atoms with Crippen LogP contribution in [0.2, 0.25) is 0 Å². The van der Waals surface area contributed by atoms with Gasteiger partial charge in [-0.15, -0.1) is 0 Å². The molecule has 0 saturated heterocycles. The topological polar surface area (TPSA) is 68.4 Å². The number of aryl methyl sites for hydroxylation is 1. The largest absolute Gasteiger partial charge is 0.497 e. The molecule has 2 aromatic carbocycles. The highest BCUT2D eigenvalue weighted by molar-refractivity contribution is 6.10. The Labute approximate surface area is 151 Å². The molecule has 3 rings (SSSR count). The minimum Gasteiger partial charge on any atom is -0.497 e. The molecule has 5 nitrogen and oxygen atoms in total. The number of nitrogens with one attached hydrogen (secondary N) is 1. The Balaban J connectivity index is 1.62. The molecule has 0 spiro atoms. The molecule has 0 aliphatic heterocycles. The first-order valence-corrected chi connectivity index (χ1v) is 8.18. The first kappa shape index (κ1) is 17.5. The van der Waals surface area contributed by atoms with E-state index in [2.05, 4.69) is 4.98 Å². The quantitative estimate of drug-likeness (QED) is 0.416. The van der Waals surface area contributed by atoms with Gasteiger partial charge in [0.2, 0.25) is 5.78 Å². The van der Waals surface area contributed by atoms with Gasteiger partial charge in [0.05, 0.1) is 7.11 Å². The van der Waals surface area contributed by atoms with Crippen molar-refractivity contribution in [3.63, 3.8) is 0 Å². The van der Waals surface area contributed by atoms with Crippen molar-refractivity contribution >= 4 is 28.7 Å². The Bertz CT molecular complexity index is 967. The third-order valence-corrected chi connectivity index (χ3v) is 4.05. The van der Waals surface area contributed by atoms with E-state index in [0.29, 0.717) is 5.56 Å². The maximum absolute atomic E-state index is 12.5.